The van der Waals surface area contributed by atoms with Crippen molar-refractivity contribution in [1.29, 1.82) is 0 Å². The van der Waals surface area contributed by atoms with Crippen LogP contribution in [-0.4, -0.2) is 129 Å². The van der Waals surface area contributed by atoms with Crippen LogP contribution in [0.25, 0.3) is 0 Å². The maximum atomic E-state index is 14.6. The summed E-state index contributed by atoms with van der Waals surface area (Å²) in [5.41, 5.74) is 1.36. The highest BCUT2D eigenvalue weighted by Crippen LogP contribution is 2.17. The molecule has 1 fully saturated rings. The highest BCUT2D eigenvalue weighted by atomic mass is 16.6. The number of amides is 6. The van der Waals surface area contributed by atoms with E-state index in [1.807, 2.05) is 121 Å². The van der Waals surface area contributed by atoms with Crippen molar-refractivity contribution in [3.63, 3.8) is 0 Å². The van der Waals surface area contributed by atoms with Gasteiger partial charge in [0.1, 0.15) is 37.4 Å². The average Bonchev–Trinajstić information content (AvgIpc) is 3.24. The summed E-state index contributed by atoms with van der Waals surface area (Å²) in [5, 5.41) is 0. The van der Waals surface area contributed by atoms with Crippen molar-refractivity contribution < 1.29 is 38.2 Å². The fraction of sp³-hybridized carbons (Fsp3) is 0.400. The lowest BCUT2D eigenvalue weighted by Crippen LogP contribution is -2.53. The molecule has 1 saturated heterocycles. The number of carbonyl (C=O) groups is 6. The molecule has 4 aromatic rings. The minimum Gasteiger partial charge on any atom is -0.444 e. The molecule has 4 aromatic carbocycles. The summed E-state index contributed by atoms with van der Waals surface area (Å²) in [7, 11) is 0. The molecule has 1 heterocycles. The number of carbonyl (C=O) groups excluding carboxylic acids is 6. The summed E-state index contributed by atoms with van der Waals surface area (Å²) >= 11 is 0. The molecule has 5 rings (SSSR count). The van der Waals surface area contributed by atoms with Gasteiger partial charge in [-0.15, -0.1) is 0 Å². The van der Waals surface area contributed by atoms with Crippen LogP contribution in [0, 0.1) is 0 Å². The molecule has 1 aliphatic rings. The lowest BCUT2D eigenvalue weighted by Gasteiger charge is -2.34. The minimum atomic E-state index is -0.938. The van der Waals surface area contributed by atoms with E-state index in [4.69, 9.17) is 9.47 Å². The highest BCUT2D eigenvalue weighted by molar-refractivity contribution is 5.88. The van der Waals surface area contributed by atoms with Gasteiger partial charge in [-0.25, -0.2) is 9.59 Å². The number of nitrogens with zero attached hydrogens (tertiary/aromatic N) is 6. The van der Waals surface area contributed by atoms with Gasteiger partial charge in [0, 0.05) is 52.4 Å². The summed E-state index contributed by atoms with van der Waals surface area (Å²) < 4.78 is 11.5. The molecule has 340 valence electrons. The average molecular weight is 875 g/mol. The van der Waals surface area contributed by atoms with Gasteiger partial charge in [0.2, 0.25) is 23.6 Å². The molecular formula is C50H62N6O8. The Morgan fingerprint density at radius 1 is 0.391 bits per heavy atom. The third-order valence-corrected chi connectivity index (χ3v) is 10.2. The number of hydrogen-bond acceptors (Lipinski definition) is 8. The molecule has 0 spiro atoms. The molecule has 0 aromatic heterocycles. The van der Waals surface area contributed by atoms with E-state index in [-0.39, 0.29) is 52.4 Å². The topological polar surface area (TPSA) is 140 Å². The van der Waals surface area contributed by atoms with Gasteiger partial charge in [-0.1, -0.05) is 121 Å². The molecule has 0 aliphatic carbocycles. The van der Waals surface area contributed by atoms with Gasteiger partial charge in [-0.3, -0.25) is 29.0 Å². The fourth-order valence-electron chi connectivity index (χ4n) is 6.94. The Labute approximate surface area is 377 Å². The van der Waals surface area contributed by atoms with Crippen LogP contribution in [0.3, 0.4) is 0 Å². The van der Waals surface area contributed by atoms with Crippen molar-refractivity contribution in [2.24, 2.45) is 0 Å². The maximum Gasteiger partial charge on any atom is 0.411 e. The molecule has 64 heavy (non-hydrogen) atoms. The summed E-state index contributed by atoms with van der Waals surface area (Å²) in [6, 6.07) is 37.3. The third-order valence-electron chi connectivity index (χ3n) is 10.2. The van der Waals surface area contributed by atoms with Crippen LogP contribution < -0.4 is 0 Å². The molecule has 1 aliphatic heterocycles. The number of rotatable bonds is 8. The van der Waals surface area contributed by atoms with E-state index in [2.05, 4.69) is 0 Å². The molecule has 0 radical (unpaired) electrons. The first kappa shape index (κ1) is 48.3. The molecule has 0 N–H and O–H groups in total. The molecule has 14 heteroatoms. The van der Waals surface area contributed by atoms with Crippen LogP contribution in [0.15, 0.2) is 121 Å². The van der Waals surface area contributed by atoms with Gasteiger partial charge in [0.25, 0.3) is 0 Å². The molecule has 0 bridgehead atoms. The number of benzene rings is 4. The Kier molecular flexibility index (Phi) is 17.1. The van der Waals surface area contributed by atoms with Crippen molar-refractivity contribution in [3.8, 4) is 0 Å². The summed E-state index contributed by atoms with van der Waals surface area (Å²) in [5.74, 6) is -1.89. The molecule has 0 saturated carbocycles. The van der Waals surface area contributed by atoms with Crippen molar-refractivity contribution in [2.45, 2.75) is 78.9 Å². The lowest BCUT2D eigenvalue weighted by atomic mass is 10.2. The number of ether oxygens (including phenoxy) is 2. The van der Waals surface area contributed by atoms with Gasteiger partial charge in [-0.2, -0.15) is 0 Å². The van der Waals surface area contributed by atoms with Crippen LogP contribution in [0.4, 0.5) is 9.59 Å². The van der Waals surface area contributed by atoms with Gasteiger partial charge in [-0.05, 0) is 63.8 Å². The van der Waals surface area contributed by atoms with Crippen LogP contribution in [-0.2, 0) is 54.8 Å². The molecule has 14 nitrogen and oxygen atoms in total. The van der Waals surface area contributed by atoms with E-state index in [0.717, 1.165) is 32.1 Å². The Bertz CT molecular complexity index is 1880. The normalized spacial score (nSPS) is 15.8. The zero-order valence-electron chi connectivity index (χ0n) is 38.0. The van der Waals surface area contributed by atoms with E-state index < -0.39 is 73.2 Å². The van der Waals surface area contributed by atoms with Gasteiger partial charge < -0.3 is 29.1 Å². The maximum absolute atomic E-state index is 14.6. The highest BCUT2D eigenvalue weighted by Gasteiger charge is 2.33. The van der Waals surface area contributed by atoms with Crippen molar-refractivity contribution >= 4 is 35.8 Å². The molecule has 6 amide bonds. The van der Waals surface area contributed by atoms with Crippen molar-refractivity contribution in [2.75, 3.05) is 52.4 Å². The first-order valence-electron chi connectivity index (χ1n) is 21.6. The summed E-state index contributed by atoms with van der Waals surface area (Å²) in [6.07, 6.45) is -1.68. The summed E-state index contributed by atoms with van der Waals surface area (Å²) in [4.78, 5) is 94.6. The second-order valence-corrected chi connectivity index (χ2v) is 17.9. The zero-order chi connectivity index (χ0) is 46.3. The van der Waals surface area contributed by atoms with Crippen LogP contribution in [0.5, 0.6) is 0 Å². The lowest BCUT2D eigenvalue weighted by molar-refractivity contribution is -0.141. The first-order chi connectivity index (χ1) is 30.4. The van der Waals surface area contributed by atoms with E-state index >= 15 is 0 Å². The smallest absolute Gasteiger partial charge is 0.411 e. The van der Waals surface area contributed by atoms with Gasteiger partial charge in [0.15, 0.2) is 0 Å². The Balaban J connectivity index is 1.60. The SMILES string of the molecule is CC(C)(C)OC(=O)N1CC(=O)N(Cc2ccccc2)CCN(Cc2ccccc2)C(=O)CN(C(=O)OC(C)(C)C)CC(=O)N(Cc2ccccc2)CCN(Cc2ccccc2)C(=O)C1. The van der Waals surface area contributed by atoms with E-state index in [1.54, 1.807) is 61.1 Å². The molecule has 0 atom stereocenters. The molecule has 0 unspecified atom stereocenters. The van der Waals surface area contributed by atoms with Crippen LogP contribution in [0.1, 0.15) is 63.8 Å². The van der Waals surface area contributed by atoms with E-state index in [9.17, 15) is 28.8 Å². The predicted octanol–water partition coefficient (Wildman–Crippen LogP) is 6.59. The van der Waals surface area contributed by atoms with Gasteiger partial charge in [0.05, 0.1) is 0 Å². The fourth-order valence-corrected chi connectivity index (χ4v) is 6.94. The monoisotopic (exact) mass is 874 g/mol. The quantitative estimate of drug-likeness (QED) is 0.193. The number of hydrogen-bond donors (Lipinski definition) is 0. The largest absolute Gasteiger partial charge is 0.444 e. The second-order valence-electron chi connectivity index (χ2n) is 17.9. The van der Waals surface area contributed by atoms with Crippen LogP contribution >= 0.6 is 0 Å². The Morgan fingerprint density at radius 2 is 0.594 bits per heavy atom. The van der Waals surface area contributed by atoms with Crippen molar-refractivity contribution in [1.82, 2.24) is 29.4 Å². The first-order valence-corrected chi connectivity index (χ1v) is 21.6. The second kappa shape index (κ2) is 22.6. The van der Waals surface area contributed by atoms with E-state index in [0.29, 0.717) is 0 Å². The Morgan fingerprint density at radius 3 is 0.781 bits per heavy atom. The van der Waals surface area contributed by atoms with E-state index in [1.165, 1.54) is 0 Å². The predicted molar refractivity (Wildman–Crippen MR) is 243 cm³/mol. The minimum absolute atomic E-state index is 0.0265. The summed E-state index contributed by atoms with van der Waals surface area (Å²) in [6.45, 7) is 8.93. The van der Waals surface area contributed by atoms with Gasteiger partial charge >= 0.3 is 12.2 Å². The Hall–Kier alpha value is -6.70. The molecular weight excluding hydrogens is 813 g/mol. The van der Waals surface area contributed by atoms with Crippen LogP contribution in [0.2, 0.25) is 0 Å². The zero-order valence-corrected chi connectivity index (χ0v) is 38.0. The standard InChI is InChI=1S/C50H62N6O8/c1-49(2,3)63-47(61)55-35-43(57)51(31-39-19-11-7-12-20-39)27-29-53(33-41-23-15-9-16-24-41)45(59)37-56(48(62)64-50(4,5)6)38-46(60)54(34-42-25-17-10-18-26-42)30-28-52(44(58)36-55)32-40-21-13-8-14-22-40/h7-26H,27-38H2,1-6H3. The third kappa shape index (κ3) is 15.9. The van der Waals surface area contributed by atoms with Crippen molar-refractivity contribution in [3.05, 3.63) is 144 Å².